The number of rotatable bonds is 3. The van der Waals surface area contributed by atoms with Crippen LogP contribution in [0.4, 0.5) is 4.39 Å². The van der Waals surface area contributed by atoms with Crippen LogP contribution in [0.3, 0.4) is 0 Å². The van der Waals surface area contributed by atoms with Crippen molar-refractivity contribution in [2.45, 2.75) is 38.6 Å². The third kappa shape index (κ3) is 2.78. The summed E-state index contributed by atoms with van der Waals surface area (Å²) in [6.07, 6.45) is 4.46. The Morgan fingerprint density at radius 2 is 2.28 bits per heavy atom. The summed E-state index contributed by atoms with van der Waals surface area (Å²) in [5.41, 5.74) is 1.48. The molecule has 18 heavy (non-hydrogen) atoms. The quantitative estimate of drug-likeness (QED) is 0.909. The lowest BCUT2D eigenvalue weighted by molar-refractivity contribution is 0.378. The minimum atomic E-state index is -0.381. The lowest BCUT2D eigenvalue weighted by Crippen LogP contribution is -2.35. The van der Waals surface area contributed by atoms with Gasteiger partial charge in [-0.25, -0.2) is 4.39 Å². The third-order valence-electron chi connectivity index (χ3n) is 3.55. The second kappa shape index (κ2) is 5.89. The van der Waals surface area contributed by atoms with Gasteiger partial charge in [0.2, 0.25) is 0 Å². The van der Waals surface area contributed by atoms with E-state index in [1.807, 2.05) is 0 Å². The minimum absolute atomic E-state index is 0.180. The fourth-order valence-corrected chi connectivity index (χ4v) is 2.87. The van der Waals surface area contributed by atoms with Crippen LogP contribution in [0, 0.1) is 12.7 Å². The molecule has 1 atom stereocenters. The molecule has 0 amide bonds. The molecule has 0 aliphatic carbocycles. The van der Waals surface area contributed by atoms with E-state index in [1.165, 1.54) is 12.8 Å². The summed E-state index contributed by atoms with van der Waals surface area (Å²) in [5, 5.41) is 3.66. The second-order valence-electron chi connectivity index (χ2n) is 4.84. The summed E-state index contributed by atoms with van der Waals surface area (Å²) in [6, 6.07) is 2.13. The fraction of sp³-hybridized carbons (Fsp3) is 0.571. The Kier molecular flexibility index (Phi) is 4.46. The van der Waals surface area contributed by atoms with E-state index in [0.29, 0.717) is 17.4 Å². The predicted octanol–water partition coefficient (Wildman–Crippen LogP) is 3.48. The SMILES string of the molecule is COc1c(CC2CCCCN2)cc(Cl)c(F)c1C. The Balaban J connectivity index is 2.25. The largest absolute Gasteiger partial charge is 0.496 e. The van der Waals surface area contributed by atoms with Crippen LogP contribution in [0.5, 0.6) is 5.75 Å². The van der Waals surface area contributed by atoms with Crippen LogP contribution < -0.4 is 10.1 Å². The highest BCUT2D eigenvalue weighted by molar-refractivity contribution is 6.30. The third-order valence-corrected chi connectivity index (χ3v) is 3.83. The number of nitrogens with one attached hydrogen (secondary N) is 1. The average Bonchev–Trinajstić information content (AvgIpc) is 2.38. The van der Waals surface area contributed by atoms with Crippen molar-refractivity contribution in [2.24, 2.45) is 0 Å². The van der Waals surface area contributed by atoms with E-state index in [2.05, 4.69) is 5.32 Å². The van der Waals surface area contributed by atoms with Gasteiger partial charge in [0.05, 0.1) is 12.1 Å². The molecule has 0 bridgehead atoms. The standard InChI is InChI=1S/C14H19ClFNO/c1-9-13(16)12(15)8-10(14(9)18-2)7-11-5-3-4-6-17-11/h8,11,17H,3-7H2,1-2H3. The van der Waals surface area contributed by atoms with Gasteiger partial charge >= 0.3 is 0 Å². The summed E-state index contributed by atoms with van der Waals surface area (Å²) >= 11 is 5.91. The zero-order valence-corrected chi connectivity index (χ0v) is 11.6. The molecule has 1 aromatic rings. The van der Waals surface area contributed by atoms with E-state index in [0.717, 1.165) is 24.9 Å². The molecule has 1 aliphatic heterocycles. The molecule has 0 radical (unpaired) electrons. The Hall–Kier alpha value is -0.800. The molecule has 2 rings (SSSR count). The molecule has 1 unspecified atom stereocenters. The van der Waals surface area contributed by atoms with Gasteiger partial charge in [-0.2, -0.15) is 0 Å². The van der Waals surface area contributed by atoms with Crippen molar-refractivity contribution in [3.05, 3.63) is 28.0 Å². The summed E-state index contributed by atoms with van der Waals surface area (Å²) in [6.45, 7) is 2.76. The predicted molar refractivity (Wildman–Crippen MR) is 72.0 cm³/mol. The van der Waals surface area contributed by atoms with Gasteiger partial charge in [-0.15, -0.1) is 0 Å². The summed E-state index contributed by atoms with van der Waals surface area (Å²) in [4.78, 5) is 0. The first-order valence-electron chi connectivity index (χ1n) is 6.38. The molecule has 4 heteroatoms. The van der Waals surface area contributed by atoms with Crippen LogP contribution in [-0.4, -0.2) is 19.7 Å². The number of hydrogen-bond acceptors (Lipinski definition) is 2. The Morgan fingerprint density at radius 1 is 1.50 bits per heavy atom. The van der Waals surface area contributed by atoms with E-state index in [1.54, 1.807) is 20.1 Å². The molecule has 100 valence electrons. The number of piperidine rings is 1. The van der Waals surface area contributed by atoms with Crippen molar-refractivity contribution in [3.63, 3.8) is 0 Å². The fourth-order valence-electron chi connectivity index (χ4n) is 2.60. The normalized spacial score (nSPS) is 19.9. The van der Waals surface area contributed by atoms with Crippen LogP contribution >= 0.6 is 11.6 Å². The molecule has 1 aromatic carbocycles. The van der Waals surface area contributed by atoms with Gasteiger partial charge in [0, 0.05) is 11.6 Å². The molecular formula is C14H19ClFNO. The van der Waals surface area contributed by atoms with E-state index >= 15 is 0 Å². The van der Waals surface area contributed by atoms with Crippen molar-refractivity contribution in [3.8, 4) is 5.75 Å². The molecular weight excluding hydrogens is 253 g/mol. The van der Waals surface area contributed by atoms with Gasteiger partial charge in [-0.3, -0.25) is 0 Å². The zero-order chi connectivity index (χ0) is 13.1. The number of methoxy groups -OCH3 is 1. The molecule has 0 spiro atoms. The van der Waals surface area contributed by atoms with Gasteiger partial charge in [0.25, 0.3) is 0 Å². The molecule has 0 saturated carbocycles. The summed E-state index contributed by atoms with van der Waals surface area (Å²) < 4.78 is 19.0. The number of ether oxygens (including phenoxy) is 1. The van der Waals surface area contributed by atoms with Crippen LogP contribution in [0.1, 0.15) is 30.4 Å². The highest BCUT2D eigenvalue weighted by atomic mass is 35.5. The molecule has 1 N–H and O–H groups in total. The summed E-state index contributed by atoms with van der Waals surface area (Å²) in [7, 11) is 1.58. The van der Waals surface area contributed by atoms with E-state index < -0.39 is 0 Å². The molecule has 0 aromatic heterocycles. The number of benzene rings is 1. The van der Waals surface area contributed by atoms with Gasteiger partial charge in [-0.1, -0.05) is 18.0 Å². The highest BCUT2D eigenvalue weighted by Gasteiger charge is 2.19. The van der Waals surface area contributed by atoms with Crippen LogP contribution in [0.15, 0.2) is 6.07 Å². The molecule has 1 fully saturated rings. The van der Waals surface area contributed by atoms with Gasteiger partial charge in [0.1, 0.15) is 11.6 Å². The van der Waals surface area contributed by atoms with Crippen molar-refractivity contribution in [1.82, 2.24) is 5.32 Å². The summed E-state index contributed by atoms with van der Waals surface area (Å²) in [5.74, 6) is 0.248. The van der Waals surface area contributed by atoms with Crippen LogP contribution in [-0.2, 0) is 6.42 Å². The van der Waals surface area contributed by atoms with Crippen molar-refractivity contribution in [2.75, 3.05) is 13.7 Å². The maximum Gasteiger partial charge on any atom is 0.148 e. The van der Waals surface area contributed by atoms with E-state index in [4.69, 9.17) is 16.3 Å². The first kappa shape index (κ1) is 13.6. The van der Waals surface area contributed by atoms with Crippen molar-refractivity contribution >= 4 is 11.6 Å². The topological polar surface area (TPSA) is 21.3 Å². The van der Waals surface area contributed by atoms with Crippen LogP contribution in [0.2, 0.25) is 5.02 Å². The van der Waals surface area contributed by atoms with Crippen LogP contribution in [0.25, 0.3) is 0 Å². The average molecular weight is 272 g/mol. The molecule has 1 saturated heterocycles. The first-order chi connectivity index (χ1) is 8.63. The van der Waals surface area contributed by atoms with Gasteiger partial charge in [-0.05, 0) is 44.4 Å². The molecule has 2 nitrogen and oxygen atoms in total. The lowest BCUT2D eigenvalue weighted by atomic mass is 9.96. The smallest absolute Gasteiger partial charge is 0.148 e. The monoisotopic (exact) mass is 271 g/mol. The Bertz CT molecular complexity index is 430. The minimum Gasteiger partial charge on any atom is -0.496 e. The molecule has 1 heterocycles. The van der Waals surface area contributed by atoms with E-state index in [9.17, 15) is 4.39 Å². The second-order valence-corrected chi connectivity index (χ2v) is 5.25. The number of hydrogen-bond donors (Lipinski definition) is 1. The number of halogens is 2. The molecule has 1 aliphatic rings. The highest BCUT2D eigenvalue weighted by Crippen LogP contribution is 2.32. The zero-order valence-electron chi connectivity index (χ0n) is 10.9. The Morgan fingerprint density at radius 3 is 2.89 bits per heavy atom. The maximum absolute atomic E-state index is 13.7. The van der Waals surface area contributed by atoms with E-state index in [-0.39, 0.29) is 10.8 Å². The van der Waals surface area contributed by atoms with Crippen molar-refractivity contribution < 1.29 is 9.13 Å². The van der Waals surface area contributed by atoms with Gasteiger partial charge < -0.3 is 10.1 Å². The maximum atomic E-state index is 13.7. The Labute approximate surface area is 112 Å². The first-order valence-corrected chi connectivity index (χ1v) is 6.76. The van der Waals surface area contributed by atoms with Gasteiger partial charge in [0.15, 0.2) is 0 Å². The van der Waals surface area contributed by atoms with Crippen molar-refractivity contribution in [1.29, 1.82) is 0 Å². The lowest BCUT2D eigenvalue weighted by Gasteiger charge is -2.24.